The van der Waals surface area contributed by atoms with Gasteiger partial charge in [0.05, 0.1) is 16.9 Å². The van der Waals surface area contributed by atoms with Gasteiger partial charge in [-0.3, -0.25) is 4.79 Å². The number of anilines is 3. The molecule has 0 bridgehead atoms. The van der Waals surface area contributed by atoms with Gasteiger partial charge in [-0.15, -0.1) is 0 Å². The zero-order valence-electron chi connectivity index (χ0n) is 15.7. The van der Waals surface area contributed by atoms with Gasteiger partial charge in [0.25, 0.3) is 0 Å². The molecule has 1 aliphatic rings. The Labute approximate surface area is 168 Å². The maximum absolute atomic E-state index is 12.5. The lowest BCUT2D eigenvalue weighted by atomic mass is 9.98. The average molecular weight is 400 g/mol. The normalized spacial score (nSPS) is 21.8. The van der Waals surface area contributed by atoms with E-state index in [1.54, 1.807) is 12.1 Å². The average Bonchev–Trinajstić information content (AvgIpc) is 2.66. The van der Waals surface area contributed by atoms with Crippen molar-refractivity contribution in [1.29, 1.82) is 5.26 Å². The van der Waals surface area contributed by atoms with Gasteiger partial charge in [0.2, 0.25) is 11.9 Å². The Bertz CT molecular complexity index is 913. The Hall–Kier alpha value is -2.89. The summed E-state index contributed by atoms with van der Waals surface area (Å²) < 4.78 is 0. The Kier molecular flexibility index (Phi) is 5.97. The quantitative estimate of drug-likeness (QED) is 0.720. The molecule has 146 valence electrons. The molecule has 1 amide bonds. The molecule has 3 rings (SSSR count). The summed E-state index contributed by atoms with van der Waals surface area (Å²) in [7, 11) is 0. The highest BCUT2D eigenvalue weighted by atomic mass is 35.5. The van der Waals surface area contributed by atoms with Crippen LogP contribution in [0.4, 0.5) is 17.5 Å². The number of rotatable bonds is 4. The van der Waals surface area contributed by atoms with Gasteiger partial charge in [0.1, 0.15) is 17.5 Å². The van der Waals surface area contributed by atoms with Gasteiger partial charge in [-0.25, -0.2) is 4.98 Å². The Balaban J connectivity index is 1.73. The van der Waals surface area contributed by atoms with Gasteiger partial charge in [-0.1, -0.05) is 23.7 Å². The summed E-state index contributed by atoms with van der Waals surface area (Å²) in [5, 5.41) is 15.8. The van der Waals surface area contributed by atoms with Crippen LogP contribution in [0.1, 0.15) is 25.8 Å². The van der Waals surface area contributed by atoms with Crippen molar-refractivity contribution in [3.63, 3.8) is 0 Å². The maximum atomic E-state index is 12.5. The number of hydrogen-bond acceptors (Lipinski definition) is 7. The number of nitriles is 1. The van der Waals surface area contributed by atoms with Crippen LogP contribution in [0.2, 0.25) is 5.02 Å². The highest BCUT2D eigenvalue weighted by molar-refractivity contribution is 6.33. The van der Waals surface area contributed by atoms with E-state index >= 15 is 0 Å². The second-order valence-corrected chi connectivity index (χ2v) is 7.23. The molecule has 1 aromatic carbocycles. The fourth-order valence-electron chi connectivity index (χ4n) is 3.37. The lowest BCUT2D eigenvalue weighted by molar-refractivity contribution is -0.116. The monoisotopic (exact) mass is 399 g/mol. The molecule has 9 heteroatoms. The number of nitrogens with two attached hydrogens (primary N) is 1. The number of piperazine rings is 1. The van der Waals surface area contributed by atoms with Gasteiger partial charge < -0.3 is 21.3 Å². The van der Waals surface area contributed by atoms with Crippen LogP contribution in [-0.4, -0.2) is 40.5 Å². The van der Waals surface area contributed by atoms with Crippen molar-refractivity contribution in [2.45, 2.75) is 38.4 Å². The van der Waals surface area contributed by atoms with Gasteiger partial charge in [-0.2, -0.15) is 10.2 Å². The molecule has 2 aromatic rings. The van der Waals surface area contributed by atoms with E-state index in [0.717, 1.165) is 0 Å². The summed E-state index contributed by atoms with van der Waals surface area (Å²) in [6, 6.07) is 9.02. The van der Waals surface area contributed by atoms with Crippen LogP contribution in [0.3, 0.4) is 0 Å². The van der Waals surface area contributed by atoms with Crippen molar-refractivity contribution in [1.82, 2.24) is 15.3 Å². The van der Waals surface area contributed by atoms with Crippen molar-refractivity contribution in [2.75, 3.05) is 22.5 Å². The Morgan fingerprint density at radius 2 is 2.21 bits per heavy atom. The number of benzene rings is 1. The van der Waals surface area contributed by atoms with Crippen molar-refractivity contribution in [3.05, 3.63) is 41.0 Å². The molecule has 0 aliphatic carbocycles. The summed E-state index contributed by atoms with van der Waals surface area (Å²) in [6.07, 6.45) is 1.69. The molecule has 0 saturated carbocycles. The number of nitrogen functional groups attached to an aromatic ring is 1. The summed E-state index contributed by atoms with van der Waals surface area (Å²) in [5.74, 6) is 0.472. The first-order valence-electron chi connectivity index (χ1n) is 8.99. The molecule has 0 radical (unpaired) electrons. The Morgan fingerprint density at radius 1 is 1.46 bits per heavy atom. The van der Waals surface area contributed by atoms with Crippen molar-refractivity contribution in [2.24, 2.45) is 0 Å². The number of nitrogens with one attached hydrogen (secondary N) is 2. The molecule has 3 unspecified atom stereocenters. The molecular formula is C19H22ClN7O. The van der Waals surface area contributed by atoms with Crippen LogP contribution >= 0.6 is 11.6 Å². The third kappa shape index (κ3) is 4.16. The number of carbonyl (C=O) groups excluding carboxylic acids is 1. The van der Waals surface area contributed by atoms with Gasteiger partial charge in [0, 0.05) is 31.1 Å². The second-order valence-electron chi connectivity index (χ2n) is 6.82. The van der Waals surface area contributed by atoms with Crippen LogP contribution < -0.4 is 21.3 Å². The van der Waals surface area contributed by atoms with Gasteiger partial charge in [-0.05, 0) is 26.0 Å². The number of halogens is 1. The molecule has 4 N–H and O–H groups in total. The van der Waals surface area contributed by atoms with Gasteiger partial charge >= 0.3 is 0 Å². The minimum atomic E-state index is -0.132. The van der Waals surface area contributed by atoms with Crippen molar-refractivity contribution < 1.29 is 4.79 Å². The molecule has 0 spiro atoms. The standard InChI is InChI=1S/C19H22ClN7O/c1-11-9-23-16(7-17(28)25-15-6-4-3-5-14(15)20)12(2)27(11)19-24-10-13(8-21)18(22)26-19/h3-6,10-12,16,23H,7,9H2,1-2H3,(H,25,28)(H2,22,24,26). The molecule has 3 atom stereocenters. The third-order valence-corrected chi connectivity index (χ3v) is 5.21. The molecular weight excluding hydrogens is 378 g/mol. The van der Waals surface area contributed by atoms with Crippen LogP contribution in [0, 0.1) is 11.3 Å². The highest BCUT2D eigenvalue weighted by Crippen LogP contribution is 2.25. The van der Waals surface area contributed by atoms with Crippen LogP contribution in [0.15, 0.2) is 30.5 Å². The van der Waals surface area contributed by atoms with E-state index in [1.807, 2.05) is 36.9 Å². The highest BCUT2D eigenvalue weighted by Gasteiger charge is 2.35. The van der Waals surface area contributed by atoms with E-state index in [4.69, 9.17) is 22.6 Å². The topological polar surface area (TPSA) is 120 Å². The predicted molar refractivity (Wildman–Crippen MR) is 109 cm³/mol. The van der Waals surface area contributed by atoms with E-state index < -0.39 is 0 Å². The van der Waals surface area contributed by atoms with Crippen LogP contribution in [-0.2, 0) is 4.79 Å². The lowest BCUT2D eigenvalue weighted by Gasteiger charge is -2.44. The molecule has 1 saturated heterocycles. The van der Waals surface area contributed by atoms with E-state index in [0.29, 0.717) is 23.2 Å². The SMILES string of the molecule is CC1CNC(CC(=O)Nc2ccccc2Cl)C(C)N1c1ncc(C#N)c(N)n1. The van der Waals surface area contributed by atoms with Crippen molar-refractivity contribution in [3.8, 4) is 6.07 Å². The first-order valence-corrected chi connectivity index (χ1v) is 9.37. The third-order valence-electron chi connectivity index (χ3n) is 4.88. The van der Waals surface area contributed by atoms with Crippen LogP contribution in [0.5, 0.6) is 0 Å². The Morgan fingerprint density at radius 3 is 2.89 bits per heavy atom. The van der Waals surface area contributed by atoms with Crippen molar-refractivity contribution >= 4 is 35.0 Å². The number of nitrogens with zero attached hydrogens (tertiary/aromatic N) is 4. The van der Waals surface area contributed by atoms with E-state index in [2.05, 4.69) is 20.6 Å². The summed E-state index contributed by atoms with van der Waals surface area (Å²) >= 11 is 6.11. The molecule has 1 fully saturated rings. The maximum Gasteiger partial charge on any atom is 0.227 e. The smallest absolute Gasteiger partial charge is 0.227 e. The molecule has 1 aliphatic heterocycles. The van der Waals surface area contributed by atoms with E-state index in [-0.39, 0.29) is 41.8 Å². The number of carbonyl (C=O) groups is 1. The lowest BCUT2D eigenvalue weighted by Crippen LogP contribution is -2.62. The zero-order valence-corrected chi connectivity index (χ0v) is 16.4. The number of aromatic nitrogens is 2. The molecule has 28 heavy (non-hydrogen) atoms. The first kappa shape index (κ1) is 19.9. The molecule has 1 aromatic heterocycles. The fourth-order valence-corrected chi connectivity index (χ4v) is 3.55. The number of hydrogen-bond donors (Lipinski definition) is 3. The first-order chi connectivity index (χ1) is 13.4. The summed E-state index contributed by atoms with van der Waals surface area (Å²) in [5.41, 5.74) is 6.69. The summed E-state index contributed by atoms with van der Waals surface area (Å²) in [4.78, 5) is 23.1. The molecule has 8 nitrogen and oxygen atoms in total. The zero-order chi connectivity index (χ0) is 20.3. The van der Waals surface area contributed by atoms with Crippen LogP contribution in [0.25, 0.3) is 0 Å². The fraction of sp³-hybridized carbons (Fsp3) is 0.368. The minimum absolute atomic E-state index is 0.0620. The van der Waals surface area contributed by atoms with E-state index in [9.17, 15) is 4.79 Å². The summed E-state index contributed by atoms with van der Waals surface area (Å²) in [6.45, 7) is 4.72. The predicted octanol–water partition coefficient (Wildman–Crippen LogP) is 2.17. The van der Waals surface area contributed by atoms with Gasteiger partial charge in [0.15, 0.2) is 0 Å². The molecule has 2 heterocycles. The number of para-hydroxylation sites is 1. The minimum Gasteiger partial charge on any atom is -0.382 e. The number of amides is 1. The second kappa shape index (κ2) is 8.42. The van der Waals surface area contributed by atoms with E-state index in [1.165, 1.54) is 6.20 Å². The largest absolute Gasteiger partial charge is 0.382 e.